The number of nitrogens with one attached hydrogen (secondary N) is 2. The molecule has 0 bridgehead atoms. The Bertz CT molecular complexity index is 942. The Hall–Kier alpha value is -2.04. The van der Waals surface area contributed by atoms with Crippen LogP contribution in [0.5, 0.6) is 0 Å². The number of hydrogen-bond acceptors (Lipinski definition) is 7. The highest BCUT2D eigenvalue weighted by molar-refractivity contribution is 7.91. The minimum atomic E-state index is -3.74. The van der Waals surface area contributed by atoms with Crippen LogP contribution in [-0.2, 0) is 21.2 Å². The summed E-state index contributed by atoms with van der Waals surface area (Å²) in [6.45, 7) is 6.75. The van der Waals surface area contributed by atoms with Crippen molar-refractivity contribution in [1.82, 2.24) is 14.9 Å². The minimum absolute atomic E-state index is 0.147. The zero-order valence-electron chi connectivity index (χ0n) is 16.2. The maximum absolute atomic E-state index is 12.4. The van der Waals surface area contributed by atoms with Crippen LogP contribution in [0.3, 0.4) is 0 Å². The van der Waals surface area contributed by atoms with E-state index in [-0.39, 0.29) is 21.3 Å². The number of sulfonamides is 1. The summed E-state index contributed by atoms with van der Waals surface area (Å²) in [7, 11) is -3.74. The maximum atomic E-state index is 12.4. The molecule has 0 radical (unpaired) electrons. The van der Waals surface area contributed by atoms with E-state index in [2.05, 4.69) is 44.2 Å². The van der Waals surface area contributed by atoms with Gasteiger partial charge in [-0.25, -0.2) is 13.1 Å². The number of fused-ring (bicyclic) bond motifs is 1. The van der Waals surface area contributed by atoms with Crippen LogP contribution in [0.25, 0.3) is 0 Å². The number of rotatable bonds is 8. The first-order valence-electron chi connectivity index (χ1n) is 9.26. The third-order valence-electron chi connectivity index (χ3n) is 4.61. The quantitative estimate of drug-likeness (QED) is 0.498. The van der Waals surface area contributed by atoms with E-state index in [4.69, 9.17) is 0 Å². The van der Waals surface area contributed by atoms with Gasteiger partial charge in [0, 0.05) is 30.7 Å². The van der Waals surface area contributed by atoms with Crippen LogP contribution < -0.4 is 14.9 Å². The molecule has 1 aliphatic rings. The fourth-order valence-electron chi connectivity index (χ4n) is 3.11. The second-order valence-corrected chi connectivity index (χ2v) is 10.1. The molecule has 0 unspecified atom stereocenters. The summed E-state index contributed by atoms with van der Waals surface area (Å²) in [6, 6.07) is 8.72. The zero-order valence-corrected chi connectivity index (χ0v) is 17.8. The van der Waals surface area contributed by atoms with E-state index in [0.717, 1.165) is 24.3 Å². The second kappa shape index (κ2) is 8.54. The molecule has 0 spiro atoms. The molecular weight excluding hydrogens is 398 g/mol. The predicted molar refractivity (Wildman–Crippen MR) is 110 cm³/mol. The van der Waals surface area contributed by atoms with E-state index in [1.165, 1.54) is 11.3 Å². The highest BCUT2D eigenvalue weighted by Gasteiger charge is 2.25. The maximum Gasteiger partial charge on any atom is 0.269 e. The molecular formula is C18H25N5O3S2. The largest absolute Gasteiger partial charge is 0.368 e. The molecule has 3 rings (SSSR count). The lowest BCUT2D eigenvalue weighted by Crippen LogP contribution is -2.33. The summed E-state index contributed by atoms with van der Waals surface area (Å²) < 4.78 is 27.2. The van der Waals surface area contributed by atoms with Crippen LogP contribution in [0.4, 0.5) is 10.8 Å². The normalized spacial score (nSPS) is 16.4. The van der Waals surface area contributed by atoms with Crippen molar-refractivity contribution in [1.29, 1.82) is 0 Å². The topological polar surface area (TPSA) is 104 Å². The fraction of sp³-hybridized carbons (Fsp3) is 0.500. The standard InChI is InChI=1S/C18H25N5O3S2/c1-12(2)16(24)20-17-21-22-18(27-17)28(25,26)19-9-6-10-23-13(3)11-14-7-4-5-8-15(14)23/h4-5,7-8,12-13,19H,6,9-11H2,1-3H3,(H,20,21,24)/t13-/m0/s1. The number of carbonyl (C=O) groups is 1. The molecule has 2 aromatic rings. The molecule has 0 aliphatic carbocycles. The SMILES string of the molecule is CC(C)C(=O)Nc1nnc(S(=O)(=O)NCCCN2c3ccccc3C[C@@H]2C)s1. The third kappa shape index (κ3) is 4.68. The molecule has 1 aliphatic heterocycles. The van der Waals surface area contributed by atoms with Crippen molar-refractivity contribution in [2.24, 2.45) is 5.92 Å². The smallest absolute Gasteiger partial charge is 0.269 e. The first kappa shape index (κ1) is 20.7. The molecule has 2 N–H and O–H groups in total. The monoisotopic (exact) mass is 423 g/mol. The number of anilines is 2. The molecule has 28 heavy (non-hydrogen) atoms. The summed E-state index contributed by atoms with van der Waals surface area (Å²) in [6.07, 6.45) is 1.69. The molecule has 152 valence electrons. The summed E-state index contributed by atoms with van der Waals surface area (Å²) in [5.74, 6) is -0.451. The first-order chi connectivity index (χ1) is 13.3. The second-order valence-electron chi connectivity index (χ2n) is 7.14. The van der Waals surface area contributed by atoms with Crippen LogP contribution in [0.1, 0.15) is 32.8 Å². The van der Waals surface area contributed by atoms with Gasteiger partial charge >= 0.3 is 0 Å². The van der Waals surface area contributed by atoms with Crippen molar-refractivity contribution in [3.8, 4) is 0 Å². The Kier molecular flexibility index (Phi) is 6.31. The number of benzene rings is 1. The van der Waals surface area contributed by atoms with Gasteiger partial charge < -0.3 is 10.2 Å². The van der Waals surface area contributed by atoms with Gasteiger partial charge in [0.25, 0.3) is 10.0 Å². The van der Waals surface area contributed by atoms with E-state index in [0.29, 0.717) is 19.0 Å². The van der Waals surface area contributed by atoms with Gasteiger partial charge in [-0.15, -0.1) is 10.2 Å². The highest BCUT2D eigenvalue weighted by atomic mass is 32.2. The average Bonchev–Trinajstić information content (AvgIpc) is 3.23. The molecule has 0 saturated carbocycles. The number of para-hydroxylation sites is 1. The lowest BCUT2D eigenvalue weighted by Gasteiger charge is -2.24. The fourth-order valence-corrected chi connectivity index (χ4v) is 5.12. The first-order valence-corrected chi connectivity index (χ1v) is 11.6. The molecule has 1 aromatic carbocycles. The van der Waals surface area contributed by atoms with Crippen LogP contribution in [0.2, 0.25) is 0 Å². The summed E-state index contributed by atoms with van der Waals surface area (Å²) in [5.41, 5.74) is 2.56. The van der Waals surface area contributed by atoms with Crippen molar-refractivity contribution in [3.05, 3.63) is 29.8 Å². The van der Waals surface area contributed by atoms with Crippen molar-refractivity contribution < 1.29 is 13.2 Å². The molecule has 0 fully saturated rings. The Morgan fingerprint density at radius 1 is 1.32 bits per heavy atom. The number of aromatic nitrogens is 2. The summed E-state index contributed by atoms with van der Waals surface area (Å²) in [5, 5.41) is 10.2. The van der Waals surface area contributed by atoms with E-state index < -0.39 is 10.0 Å². The van der Waals surface area contributed by atoms with Gasteiger partial charge in [0.1, 0.15) is 0 Å². The molecule has 1 aromatic heterocycles. The third-order valence-corrected chi connectivity index (χ3v) is 7.27. The van der Waals surface area contributed by atoms with Crippen molar-refractivity contribution in [2.45, 2.75) is 44.0 Å². The molecule has 8 nitrogen and oxygen atoms in total. The van der Waals surface area contributed by atoms with Crippen LogP contribution in [-0.4, -0.2) is 43.7 Å². The highest BCUT2D eigenvalue weighted by Crippen LogP contribution is 2.31. The van der Waals surface area contributed by atoms with Gasteiger partial charge in [-0.3, -0.25) is 4.79 Å². The number of nitrogens with zero attached hydrogens (tertiary/aromatic N) is 3. The Morgan fingerprint density at radius 2 is 2.07 bits per heavy atom. The molecule has 1 atom stereocenters. The van der Waals surface area contributed by atoms with E-state index >= 15 is 0 Å². The zero-order chi connectivity index (χ0) is 20.3. The van der Waals surface area contributed by atoms with Gasteiger partial charge in [0.2, 0.25) is 15.4 Å². The Morgan fingerprint density at radius 3 is 2.82 bits per heavy atom. The minimum Gasteiger partial charge on any atom is -0.368 e. The Labute approximate surface area is 169 Å². The van der Waals surface area contributed by atoms with Gasteiger partial charge in [-0.2, -0.15) is 0 Å². The number of amides is 1. The van der Waals surface area contributed by atoms with Crippen molar-refractivity contribution >= 4 is 38.1 Å². The molecule has 0 saturated heterocycles. The number of hydrogen-bond donors (Lipinski definition) is 2. The summed E-state index contributed by atoms with van der Waals surface area (Å²) >= 11 is 0.845. The molecule has 10 heteroatoms. The van der Waals surface area contributed by atoms with Gasteiger partial charge in [0.05, 0.1) is 0 Å². The van der Waals surface area contributed by atoms with Crippen LogP contribution in [0.15, 0.2) is 28.6 Å². The van der Waals surface area contributed by atoms with E-state index in [1.54, 1.807) is 13.8 Å². The van der Waals surface area contributed by atoms with Crippen molar-refractivity contribution in [2.75, 3.05) is 23.3 Å². The van der Waals surface area contributed by atoms with E-state index in [9.17, 15) is 13.2 Å². The predicted octanol–water partition coefficient (Wildman–Crippen LogP) is 2.25. The molecule has 1 amide bonds. The van der Waals surface area contributed by atoms with Gasteiger partial charge in [0.15, 0.2) is 0 Å². The van der Waals surface area contributed by atoms with Crippen LogP contribution in [0, 0.1) is 5.92 Å². The lowest BCUT2D eigenvalue weighted by atomic mass is 10.1. The molecule has 2 heterocycles. The van der Waals surface area contributed by atoms with Crippen molar-refractivity contribution in [3.63, 3.8) is 0 Å². The average molecular weight is 424 g/mol. The lowest BCUT2D eigenvalue weighted by molar-refractivity contribution is -0.118. The van der Waals surface area contributed by atoms with E-state index in [1.807, 2.05) is 12.1 Å². The number of carbonyl (C=O) groups excluding carboxylic acids is 1. The Balaban J connectivity index is 1.52. The van der Waals surface area contributed by atoms with Gasteiger partial charge in [-0.05, 0) is 31.4 Å². The summed E-state index contributed by atoms with van der Waals surface area (Å²) in [4.78, 5) is 14.0. The van der Waals surface area contributed by atoms with Crippen LogP contribution >= 0.6 is 11.3 Å². The van der Waals surface area contributed by atoms with Gasteiger partial charge in [-0.1, -0.05) is 43.4 Å².